The van der Waals surface area contributed by atoms with Gasteiger partial charge in [0.1, 0.15) is 0 Å². The average molecular weight is 237 g/mol. The Bertz CT molecular complexity index is 326. The second-order valence-corrected chi connectivity index (χ2v) is 3.34. The van der Waals surface area contributed by atoms with Crippen molar-refractivity contribution >= 4 is 18.4 Å². The number of alkyl halides is 2. The molecule has 9 heteroatoms. The van der Waals surface area contributed by atoms with E-state index in [1.807, 2.05) is 0 Å². The number of amides is 3. The first-order valence-electron chi connectivity index (χ1n) is 4.17. The standard InChI is InChI=1S/C7H9F2N3O4/c8-7(9)1-6(2-7,16-5(10)15)4(14)12-11-3-13/h3H,1-2H2,(H2,10,15)(H,11,13)(H,12,14). The number of carbonyl (C=O) groups is 3. The second-order valence-electron chi connectivity index (χ2n) is 3.34. The molecular formula is C7H9F2N3O4. The highest BCUT2D eigenvalue weighted by molar-refractivity contribution is 5.89. The van der Waals surface area contributed by atoms with Crippen molar-refractivity contribution in [2.24, 2.45) is 5.73 Å². The Labute approximate surface area is 88.3 Å². The fraction of sp³-hybridized carbons (Fsp3) is 0.571. The van der Waals surface area contributed by atoms with Crippen molar-refractivity contribution in [1.82, 2.24) is 10.9 Å². The molecule has 0 unspecified atom stereocenters. The van der Waals surface area contributed by atoms with Gasteiger partial charge in [-0.25, -0.2) is 13.6 Å². The lowest BCUT2D eigenvalue weighted by atomic mass is 9.75. The number of nitrogens with one attached hydrogen (secondary N) is 2. The first kappa shape index (κ1) is 12.1. The fourth-order valence-electron chi connectivity index (χ4n) is 1.46. The molecule has 0 saturated heterocycles. The molecule has 1 fully saturated rings. The van der Waals surface area contributed by atoms with Crippen LogP contribution in [0, 0.1) is 0 Å². The Morgan fingerprint density at radius 3 is 2.31 bits per heavy atom. The number of ether oxygens (including phenoxy) is 1. The van der Waals surface area contributed by atoms with Crippen LogP contribution >= 0.6 is 0 Å². The van der Waals surface area contributed by atoms with Crippen molar-refractivity contribution in [3.05, 3.63) is 0 Å². The zero-order valence-electron chi connectivity index (χ0n) is 7.96. The third kappa shape index (κ3) is 2.35. The van der Waals surface area contributed by atoms with E-state index < -0.39 is 36.4 Å². The van der Waals surface area contributed by atoms with Gasteiger partial charge in [-0.05, 0) is 0 Å². The predicted molar refractivity (Wildman–Crippen MR) is 44.9 cm³/mol. The molecule has 0 spiro atoms. The van der Waals surface area contributed by atoms with Gasteiger partial charge >= 0.3 is 6.09 Å². The minimum absolute atomic E-state index is 0.132. The van der Waals surface area contributed by atoms with Crippen LogP contribution in [0.5, 0.6) is 0 Å². The molecule has 0 heterocycles. The van der Waals surface area contributed by atoms with Crippen molar-refractivity contribution < 1.29 is 27.9 Å². The van der Waals surface area contributed by atoms with Gasteiger partial charge in [0.05, 0.1) is 12.8 Å². The van der Waals surface area contributed by atoms with E-state index in [2.05, 4.69) is 10.5 Å². The molecule has 3 amide bonds. The number of hydrazine groups is 1. The Kier molecular flexibility index (Phi) is 2.97. The van der Waals surface area contributed by atoms with Crippen molar-refractivity contribution in [3.8, 4) is 0 Å². The summed E-state index contributed by atoms with van der Waals surface area (Å²) in [4.78, 5) is 31.7. The van der Waals surface area contributed by atoms with Crippen LogP contribution < -0.4 is 16.6 Å². The van der Waals surface area contributed by atoms with Crippen LogP contribution in [0.3, 0.4) is 0 Å². The zero-order valence-corrected chi connectivity index (χ0v) is 7.96. The van der Waals surface area contributed by atoms with E-state index >= 15 is 0 Å². The van der Waals surface area contributed by atoms with Gasteiger partial charge in [-0.1, -0.05) is 0 Å². The Balaban J connectivity index is 2.70. The van der Waals surface area contributed by atoms with E-state index in [-0.39, 0.29) is 6.41 Å². The lowest BCUT2D eigenvalue weighted by Gasteiger charge is -2.43. The fourth-order valence-corrected chi connectivity index (χ4v) is 1.46. The first-order valence-corrected chi connectivity index (χ1v) is 4.17. The first-order chi connectivity index (χ1) is 7.31. The molecule has 0 aliphatic heterocycles. The largest absolute Gasteiger partial charge is 0.432 e. The molecule has 0 radical (unpaired) electrons. The minimum atomic E-state index is -3.09. The molecule has 0 aromatic carbocycles. The molecule has 0 aromatic rings. The molecular weight excluding hydrogens is 228 g/mol. The number of hydrogen-bond donors (Lipinski definition) is 3. The maximum Gasteiger partial charge on any atom is 0.405 e. The van der Waals surface area contributed by atoms with Gasteiger partial charge in [0.25, 0.3) is 11.8 Å². The van der Waals surface area contributed by atoms with Gasteiger partial charge in [0.2, 0.25) is 12.0 Å². The second kappa shape index (κ2) is 3.91. The zero-order chi connectivity index (χ0) is 12.4. The van der Waals surface area contributed by atoms with E-state index in [0.29, 0.717) is 0 Å². The summed E-state index contributed by atoms with van der Waals surface area (Å²) in [5.74, 6) is -4.14. The molecule has 0 aromatic heterocycles. The molecule has 0 atom stereocenters. The highest BCUT2D eigenvalue weighted by atomic mass is 19.3. The van der Waals surface area contributed by atoms with Crippen LogP contribution in [0.2, 0.25) is 0 Å². The summed E-state index contributed by atoms with van der Waals surface area (Å²) >= 11 is 0. The van der Waals surface area contributed by atoms with Crippen LogP contribution in [0.1, 0.15) is 12.8 Å². The van der Waals surface area contributed by atoms with E-state index in [4.69, 9.17) is 0 Å². The molecule has 1 rings (SSSR count). The van der Waals surface area contributed by atoms with Gasteiger partial charge in [0.15, 0.2) is 0 Å². The van der Waals surface area contributed by atoms with Crippen molar-refractivity contribution in [2.45, 2.75) is 24.4 Å². The van der Waals surface area contributed by atoms with Crippen LogP contribution in [0.25, 0.3) is 0 Å². The molecule has 1 aliphatic rings. The third-order valence-corrected chi connectivity index (χ3v) is 2.04. The maximum absolute atomic E-state index is 12.7. The van der Waals surface area contributed by atoms with Gasteiger partial charge in [-0.2, -0.15) is 0 Å². The van der Waals surface area contributed by atoms with Crippen LogP contribution in [0.15, 0.2) is 0 Å². The minimum Gasteiger partial charge on any atom is -0.432 e. The normalized spacial score (nSPS) is 20.1. The van der Waals surface area contributed by atoms with Crippen LogP contribution in [-0.2, 0) is 14.3 Å². The van der Waals surface area contributed by atoms with Crippen molar-refractivity contribution in [3.63, 3.8) is 0 Å². The van der Waals surface area contributed by atoms with Crippen molar-refractivity contribution in [1.29, 1.82) is 0 Å². The van der Waals surface area contributed by atoms with Crippen LogP contribution in [-0.4, -0.2) is 29.9 Å². The third-order valence-electron chi connectivity index (χ3n) is 2.04. The van der Waals surface area contributed by atoms with E-state index in [0.717, 1.165) is 0 Å². The number of nitrogens with two attached hydrogens (primary N) is 1. The van der Waals surface area contributed by atoms with E-state index in [9.17, 15) is 23.2 Å². The number of carbonyl (C=O) groups excluding carboxylic acids is 3. The molecule has 1 saturated carbocycles. The molecule has 0 bridgehead atoms. The van der Waals surface area contributed by atoms with Gasteiger partial charge in [-0.3, -0.25) is 20.4 Å². The van der Waals surface area contributed by atoms with E-state index in [1.165, 1.54) is 0 Å². The monoisotopic (exact) mass is 237 g/mol. The Morgan fingerprint density at radius 1 is 1.38 bits per heavy atom. The number of hydrogen-bond acceptors (Lipinski definition) is 4. The predicted octanol–water partition coefficient (Wildman–Crippen LogP) is -0.973. The highest BCUT2D eigenvalue weighted by Crippen LogP contribution is 2.48. The van der Waals surface area contributed by atoms with Crippen molar-refractivity contribution in [2.75, 3.05) is 0 Å². The smallest absolute Gasteiger partial charge is 0.405 e. The van der Waals surface area contributed by atoms with E-state index in [1.54, 1.807) is 10.9 Å². The summed E-state index contributed by atoms with van der Waals surface area (Å²) in [6.45, 7) is 0. The summed E-state index contributed by atoms with van der Waals surface area (Å²) < 4.78 is 29.7. The molecule has 7 nitrogen and oxygen atoms in total. The quantitative estimate of drug-likeness (QED) is 0.431. The number of primary amides is 1. The topological polar surface area (TPSA) is 111 Å². The Hall–Kier alpha value is -1.93. The lowest BCUT2D eigenvalue weighted by Crippen LogP contribution is -2.64. The SMILES string of the molecule is NC(=O)OC1(C(=O)NNC=O)CC(F)(F)C1. The summed E-state index contributed by atoms with van der Waals surface area (Å²) in [6.07, 6.45) is -3.13. The van der Waals surface area contributed by atoms with Gasteiger partial charge in [0, 0.05) is 0 Å². The summed E-state index contributed by atoms with van der Waals surface area (Å²) in [7, 11) is 0. The lowest BCUT2D eigenvalue weighted by molar-refractivity contribution is -0.207. The molecule has 90 valence electrons. The summed E-state index contributed by atoms with van der Waals surface area (Å²) in [5.41, 5.74) is 6.22. The number of rotatable bonds is 4. The Morgan fingerprint density at radius 2 is 1.94 bits per heavy atom. The molecule has 4 N–H and O–H groups in total. The van der Waals surface area contributed by atoms with Crippen LogP contribution in [0.4, 0.5) is 13.6 Å². The van der Waals surface area contributed by atoms with Gasteiger partial charge < -0.3 is 10.5 Å². The summed E-state index contributed by atoms with van der Waals surface area (Å²) in [5, 5.41) is 0. The maximum atomic E-state index is 12.7. The average Bonchev–Trinajstić information content (AvgIpc) is 2.09. The van der Waals surface area contributed by atoms with Gasteiger partial charge in [-0.15, -0.1) is 0 Å². The highest BCUT2D eigenvalue weighted by Gasteiger charge is 2.64. The molecule has 16 heavy (non-hydrogen) atoms. The summed E-state index contributed by atoms with van der Waals surface area (Å²) in [6, 6.07) is 0. The number of halogens is 2. The molecule has 1 aliphatic carbocycles.